The number of hydrogen-bond donors (Lipinski definition) is 1. The summed E-state index contributed by atoms with van der Waals surface area (Å²) in [6.07, 6.45) is 0.696. The second-order valence-corrected chi connectivity index (χ2v) is 9.94. The number of anilines is 2. The molecule has 0 unspecified atom stereocenters. The van der Waals surface area contributed by atoms with Crippen LogP contribution in [0.15, 0.2) is 71.6 Å². The fourth-order valence-corrected chi connectivity index (χ4v) is 6.00. The van der Waals surface area contributed by atoms with Crippen LogP contribution in [-0.4, -0.2) is 28.5 Å². The van der Waals surface area contributed by atoms with Crippen LogP contribution in [0.5, 0.6) is 11.5 Å². The maximum absolute atomic E-state index is 14.0. The van der Waals surface area contributed by atoms with Crippen LogP contribution in [0.25, 0.3) is 5.57 Å². The summed E-state index contributed by atoms with van der Waals surface area (Å²) >= 11 is 0. The number of nitrogens with zero attached hydrogens (tertiary/aromatic N) is 1. The van der Waals surface area contributed by atoms with E-state index in [0.717, 1.165) is 11.1 Å². The van der Waals surface area contributed by atoms with Gasteiger partial charge in [-0.1, -0.05) is 55.5 Å². The van der Waals surface area contributed by atoms with Crippen molar-refractivity contribution in [3.8, 4) is 11.5 Å². The number of hydrogen-bond acceptors (Lipinski definition) is 5. The van der Waals surface area contributed by atoms with Crippen LogP contribution in [0.1, 0.15) is 30.5 Å². The normalized spacial score (nSPS) is 14.3. The van der Waals surface area contributed by atoms with Gasteiger partial charge >= 0.3 is 0 Å². The number of carbonyl (C=O) groups excluding carboxylic acids is 1. The van der Waals surface area contributed by atoms with E-state index in [0.29, 0.717) is 40.4 Å². The molecule has 35 heavy (non-hydrogen) atoms. The lowest BCUT2D eigenvalue weighted by atomic mass is 10.0. The quantitative estimate of drug-likeness (QED) is 0.503. The summed E-state index contributed by atoms with van der Waals surface area (Å²) in [6, 6.07) is 20.0. The van der Waals surface area contributed by atoms with E-state index < -0.39 is 15.9 Å². The Balaban J connectivity index is 1.89. The van der Waals surface area contributed by atoms with Crippen molar-refractivity contribution in [2.75, 3.05) is 23.8 Å². The summed E-state index contributed by atoms with van der Waals surface area (Å²) < 4.78 is 40.1. The van der Waals surface area contributed by atoms with Crippen molar-refractivity contribution in [3.05, 3.63) is 88.3 Å². The molecule has 4 rings (SSSR count). The van der Waals surface area contributed by atoms with E-state index in [1.54, 1.807) is 31.2 Å². The van der Waals surface area contributed by atoms with E-state index in [1.165, 1.54) is 18.5 Å². The van der Waals surface area contributed by atoms with E-state index in [4.69, 9.17) is 9.47 Å². The molecule has 1 N–H and O–H groups in total. The van der Waals surface area contributed by atoms with Crippen molar-refractivity contribution in [2.24, 2.45) is 0 Å². The first kappa shape index (κ1) is 24.3. The largest absolute Gasteiger partial charge is 0.493 e. The molecule has 8 heteroatoms. The van der Waals surface area contributed by atoms with Gasteiger partial charge in [0.15, 0.2) is 16.4 Å². The van der Waals surface area contributed by atoms with Crippen LogP contribution >= 0.6 is 0 Å². The van der Waals surface area contributed by atoms with Crippen LogP contribution in [0.4, 0.5) is 11.4 Å². The van der Waals surface area contributed by atoms with Gasteiger partial charge in [-0.2, -0.15) is 0 Å². The maximum Gasteiger partial charge on any atom is 0.270 e. The molecule has 0 aromatic heterocycles. The topological polar surface area (TPSA) is 84.9 Å². The lowest BCUT2D eigenvalue weighted by molar-refractivity contribution is -0.112. The second-order valence-electron chi connectivity index (χ2n) is 8.14. The zero-order valence-electron chi connectivity index (χ0n) is 20.2. The number of carbonyl (C=O) groups is 1. The molecule has 3 aromatic carbocycles. The highest BCUT2D eigenvalue weighted by Gasteiger charge is 2.40. The predicted octanol–water partition coefficient (Wildman–Crippen LogP) is 4.99. The first-order valence-corrected chi connectivity index (χ1v) is 12.7. The van der Waals surface area contributed by atoms with Crippen molar-refractivity contribution in [3.63, 3.8) is 0 Å². The molecular weight excluding hydrogens is 464 g/mol. The number of benzene rings is 3. The van der Waals surface area contributed by atoms with E-state index in [-0.39, 0.29) is 11.4 Å². The van der Waals surface area contributed by atoms with Gasteiger partial charge in [-0.05, 0) is 42.2 Å². The number of amides is 1. The highest BCUT2D eigenvalue weighted by molar-refractivity contribution is 7.97. The number of fused-ring (bicyclic) bond motifs is 1. The molecule has 0 atom stereocenters. The van der Waals surface area contributed by atoms with Gasteiger partial charge in [-0.25, -0.2) is 8.42 Å². The van der Waals surface area contributed by atoms with Gasteiger partial charge in [-0.15, -0.1) is 0 Å². The molecule has 1 aliphatic heterocycles. The smallest absolute Gasteiger partial charge is 0.270 e. The number of sulfonamides is 1. The highest BCUT2D eigenvalue weighted by atomic mass is 32.2. The van der Waals surface area contributed by atoms with Crippen LogP contribution in [0.2, 0.25) is 0 Å². The molecular formula is C27H28N2O5S. The third-order valence-electron chi connectivity index (χ3n) is 6.08. The molecule has 1 amide bonds. The Morgan fingerprint density at radius 3 is 2.23 bits per heavy atom. The van der Waals surface area contributed by atoms with Gasteiger partial charge in [0.25, 0.3) is 15.9 Å². The fourth-order valence-electron chi connectivity index (χ4n) is 4.27. The van der Waals surface area contributed by atoms with Gasteiger partial charge in [-0.3, -0.25) is 9.10 Å². The Morgan fingerprint density at radius 1 is 0.943 bits per heavy atom. The Hall–Kier alpha value is -3.78. The fraction of sp³-hybridized carbons (Fsp3) is 0.222. The summed E-state index contributed by atoms with van der Waals surface area (Å²) in [5.74, 6) is 0.166. The molecule has 7 nitrogen and oxygen atoms in total. The molecule has 0 saturated carbocycles. The number of methoxy groups -OCH3 is 2. The first-order valence-electron chi connectivity index (χ1n) is 11.2. The standard InChI is InChI=1S/C27H28N2O5S/c1-5-20-13-9-10-14-22(20)28-27(30)26-18(2)21-15-24(33-3)25(34-4)16-23(21)29(35(26,31)32)17-19-11-7-6-8-12-19/h6-16H,5,17H2,1-4H3,(H,28,30). The van der Waals surface area contributed by atoms with Crippen LogP contribution in [0.3, 0.4) is 0 Å². The molecule has 0 aliphatic carbocycles. The van der Waals surface area contributed by atoms with Crippen molar-refractivity contribution in [1.82, 2.24) is 0 Å². The third kappa shape index (κ3) is 4.49. The monoisotopic (exact) mass is 492 g/mol. The Bertz CT molecular complexity index is 1400. The van der Waals surface area contributed by atoms with E-state index in [1.807, 2.05) is 49.4 Å². The van der Waals surface area contributed by atoms with Gasteiger partial charge in [0, 0.05) is 17.3 Å². The van der Waals surface area contributed by atoms with Crippen molar-refractivity contribution in [2.45, 2.75) is 26.8 Å². The van der Waals surface area contributed by atoms with Crippen LogP contribution in [0, 0.1) is 0 Å². The Labute approximate surface area is 206 Å². The molecule has 0 spiro atoms. The molecule has 182 valence electrons. The molecule has 0 bridgehead atoms. The van der Waals surface area contributed by atoms with E-state index in [2.05, 4.69) is 5.32 Å². The SMILES string of the molecule is CCc1ccccc1NC(=O)C1=C(C)c2cc(OC)c(OC)cc2N(Cc2ccccc2)S1(=O)=O. The molecule has 1 aliphatic rings. The third-order valence-corrected chi connectivity index (χ3v) is 8.00. The summed E-state index contributed by atoms with van der Waals surface area (Å²) in [6.45, 7) is 3.68. The van der Waals surface area contributed by atoms with Gasteiger partial charge in [0.05, 0.1) is 26.5 Å². The zero-order chi connectivity index (χ0) is 25.2. The van der Waals surface area contributed by atoms with E-state index in [9.17, 15) is 13.2 Å². The lowest BCUT2D eigenvalue weighted by Gasteiger charge is -2.33. The van der Waals surface area contributed by atoms with Crippen molar-refractivity contribution in [1.29, 1.82) is 0 Å². The molecule has 0 fully saturated rings. The van der Waals surface area contributed by atoms with E-state index >= 15 is 0 Å². The molecule has 3 aromatic rings. The Morgan fingerprint density at radius 2 is 1.57 bits per heavy atom. The minimum Gasteiger partial charge on any atom is -0.493 e. The number of aryl methyl sites for hydroxylation is 1. The van der Waals surface area contributed by atoms with Crippen molar-refractivity contribution < 1.29 is 22.7 Å². The summed E-state index contributed by atoms with van der Waals surface area (Å²) in [7, 11) is -1.19. The summed E-state index contributed by atoms with van der Waals surface area (Å²) in [4.78, 5) is 13.2. The molecule has 0 radical (unpaired) electrons. The van der Waals surface area contributed by atoms with Crippen LogP contribution in [-0.2, 0) is 27.8 Å². The highest BCUT2D eigenvalue weighted by Crippen LogP contribution is 2.45. The molecule has 1 heterocycles. The number of para-hydroxylation sites is 1. The zero-order valence-corrected chi connectivity index (χ0v) is 21.0. The average Bonchev–Trinajstić information content (AvgIpc) is 2.86. The number of allylic oxidation sites excluding steroid dienone is 1. The first-order chi connectivity index (χ1) is 16.8. The number of nitrogens with one attached hydrogen (secondary N) is 1. The van der Waals surface area contributed by atoms with Gasteiger partial charge in [0.2, 0.25) is 0 Å². The van der Waals surface area contributed by atoms with Gasteiger partial charge < -0.3 is 14.8 Å². The number of ether oxygens (including phenoxy) is 2. The predicted molar refractivity (Wildman–Crippen MR) is 138 cm³/mol. The maximum atomic E-state index is 14.0. The van der Waals surface area contributed by atoms with Gasteiger partial charge in [0.1, 0.15) is 0 Å². The van der Waals surface area contributed by atoms with Crippen LogP contribution < -0.4 is 19.1 Å². The minimum absolute atomic E-state index is 0.0568. The summed E-state index contributed by atoms with van der Waals surface area (Å²) in [5, 5.41) is 2.83. The second kappa shape index (κ2) is 9.84. The summed E-state index contributed by atoms with van der Waals surface area (Å²) in [5.41, 5.74) is 3.64. The average molecular weight is 493 g/mol. The van der Waals surface area contributed by atoms with Crippen molar-refractivity contribution >= 4 is 32.9 Å². The minimum atomic E-state index is -4.20. The Kier molecular flexibility index (Phi) is 6.84. The molecule has 0 saturated heterocycles. The lowest BCUT2D eigenvalue weighted by Crippen LogP contribution is -2.39. The number of rotatable bonds is 7.